The van der Waals surface area contributed by atoms with Gasteiger partial charge in [0.15, 0.2) is 5.16 Å². The van der Waals surface area contributed by atoms with Crippen LogP contribution < -0.4 is 9.64 Å². The minimum Gasteiger partial charge on any atom is -0.495 e. The molecule has 3 aromatic rings. The zero-order valence-electron chi connectivity index (χ0n) is 20.4. The number of anilines is 1. The minimum absolute atomic E-state index is 0.0324. The molecule has 2 aromatic carbocycles. The van der Waals surface area contributed by atoms with Gasteiger partial charge in [-0.25, -0.2) is 0 Å². The lowest BCUT2D eigenvalue weighted by Gasteiger charge is -2.28. The van der Waals surface area contributed by atoms with Crippen LogP contribution in [0.1, 0.15) is 24.8 Å². The van der Waals surface area contributed by atoms with Crippen LogP contribution in [-0.4, -0.2) is 71.8 Å². The van der Waals surface area contributed by atoms with E-state index in [4.69, 9.17) is 9.47 Å². The second-order valence-electron chi connectivity index (χ2n) is 8.42. The third-order valence-electron chi connectivity index (χ3n) is 6.04. The number of para-hydroxylation sites is 2. The molecule has 9 heteroatoms. The molecule has 1 aliphatic rings. The summed E-state index contributed by atoms with van der Waals surface area (Å²) in [7, 11) is 3.31. The molecule has 0 atom stereocenters. The average Bonchev–Trinajstić information content (AvgIpc) is 3.34. The van der Waals surface area contributed by atoms with Crippen molar-refractivity contribution in [3.63, 3.8) is 0 Å². The van der Waals surface area contributed by atoms with Crippen molar-refractivity contribution in [2.45, 2.75) is 31.0 Å². The number of benzene rings is 2. The maximum absolute atomic E-state index is 13.3. The number of hydrogen-bond donors (Lipinski definition) is 0. The lowest BCUT2D eigenvalue weighted by molar-refractivity contribution is -0.129. The highest BCUT2D eigenvalue weighted by atomic mass is 32.2. The van der Waals surface area contributed by atoms with Crippen LogP contribution in [0.4, 0.5) is 5.95 Å². The Morgan fingerprint density at radius 3 is 2.49 bits per heavy atom. The third-order valence-corrected chi connectivity index (χ3v) is 6.95. The van der Waals surface area contributed by atoms with Gasteiger partial charge in [0.05, 0.1) is 25.2 Å². The first-order chi connectivity index (χ1) is 17.2. The van der Waals surface area contributed by atoms with Gasteiger partial charge in [0, 0.05) is 33.3 Å². The molecule has 0 N–H and O–H groups in total. The lowest BCUT2D eigenvalue weighted by atomic mass is 10.1. The van der Waals surface area contributed by atoms with Gasteiger partial charge in [-0.15, -0.1) is 10.2 Å². The van der Waals surface area contributed by atoms with Gasteiger partial charge in [-0.3, -0.25) is 9.36 Å². The fourth-order valence-corrected chi connectivity index (χ4v) is 5.04. The molecular weight excluding hydrogens is 462 g/mol. The van der Waals surface area contributed by atoms with E-state index in [1.165, 1.54) is 18.2 Å². The largest absolute Gasteiger partial charge is 0.495 e. The molecule has 1 amide bonds. The number of amides is 1. The Morgan fingerprint density at radius 2 is 1.74 bits per heavy atom. The number of thioether (sulfide) groups is 1. The minimum atomic E-state index is 0.0324. The fraction of sp³-hybridized carbons (Fsp3) is 0.423. The summed E-state index contributed by atoms with van der Waals surface area (Å²) in [5.74, 6) is 1.82. The van der Waals surface area contributed by atoms with Crippen LogP contribution in [0.15, 0.2) is 59.8 Å². The summed E-state index contributed by atoms with van der Waals surface area (Å²) in [4.78, 5) is 17.4. The lowest BCUT2D eigenvalue weighted by Crippen LogP contribution is -2.34. The fourth-order valence-electron chi connectivity index (χ4n) is 4.19. The van der Waals surface area contributed by atoms with Gasteiger partial charge in [-0.05, 0) is 37.0 Å². The van der Waals surface area contributed by atoms with Crippen LogP contribution in [0.5, 0.6) is 5.75 Å². The summed E-state index contributed by atoms with van der Waals surface area (Å²) in [6, 6.07) is 17.9. The van der Waals surface area contributed by atoms with E-state index in [-0.39, 0.29) is 11.7 Å². The molecule has 1 aliphatic heterocycles. The molecular formula is C26H33N5O3S. The topological polar surface area (TPSA) is 72.7 Å². The number of rotatable bonds is 11. The van der Waals surface area contributed by atoms with Crippen molar-refractivity contribution in [3.05, 3.63) is 60.2 Å². The highest BCUT2D eigenvalue weighted by Gasteiger charge is 2.24. The first-order valence-electron chi connectivity index (χ1n) is 12.0. The number of nitrogens with zero attached hydrogens (tertiary/aromatic N) is 5. The maximum atomic E-state index is 13.3. The number of carbonyl (C=O) groups is 1. The number of aromatic nitrogens is 3. The summed E-state index contributed by atoms with van der Waals surface area (Å²) < 4.78 is 12.9. The summed E-state index contributed by atoms with van der Waals surface area (Å²) in [6.07, 6.45) is 3.50. The molecule has 35 heavy (non-hydrogen) atoms. The molecule has 0 saturated carbocycles. The van der Waals surface area contributed by atoms with E-state index in [9.17, 15) is 4.79 Å². The number of methoxy groups -OCH3 is 2. The molecule has 0 radical (unpaired) electrons. The van der Waals surface area contributed by atoms with Crippen molar-refractivity contribution >= 4 is 23.6 Å². The normalized spacial score (nSPS) is 13.6. The van der Waals surface area contributed by atoms with Crippen LogP contribution in [0.25, 0.3) is 5.69 Å². The number of carbonyl (C=O) groups excluding carboxylic acids is 1. The van der Waals surface area contributed by atoms with Crippen LogP contribution >= 0.6 is 11.8 Å². The second kappa shape index (κ2) is 12.6. The molecule has 1 aromatic heterocycles. The first-order valence-corrected chi connectivity index (χ1v) is 13.0. The molecule has 1 fully saturated rings. The van der Waals surface area contributed by atoms with Crippen LogP contribution in [-0.2, 0) is 16.1 Å². The predicted molar refractivity (Wildman–Crippen MR) is 138 cm³/mol. The van der Waals surface area contributed by atoms with E-state index in [2.05, 4.69) is 15.1 Å². The van der Waals surface area contributed by atoms with Crippen LogP contribution in [0, 0.1) is 0 Å². The average molecular weight is 496 g/mol. The monoisotopic (exact) mass is 495 g/mol. The van der Waals surface area contributed by atoms with E-state index < -0.39 is 0 Å². The Bertz CT molecular complexity index is 1090. The molecule has 0 spiro atoms. The van der Waals surface area contributed by atoms with E-state index in [0.717, 1.165) is 48.9 Å². The molecule has 2 heterocycles. The summed E-state index contributed by atoms with van der Waals surface area (Å²) >= 11 is 1.40. The molecule has 1 saturated heterocycles. The molecule has 8 nitrogen and oxygen atoms in total. The van der Waals surface area contributed by atoms with Crippen LogP contribution in [0.2, 0.25) is 0 Å². The van der Waals surface area contributed by atoms with Gasteiger partial charge in [0.1, 0.15) is 5.75 Å². The van der Waals surface area contributed by atoms with Gasteiger partial charge in [-0.2, -0.15) is 0 Å². The predicted octanol–water partition coefficient (Wildman–Crippen LogP) is 4.03. The SMILES string of the molecule is COCCN(Cc1ccccc1)C(=O)CSc1nnc(N2CCCCC2)n1-c1ccccc1OC. The summed E-state index contributed by atoms with van der Waals surface area (Å²) in [5, 5.41) is 9.73. The highest BCUT2D eigenvalue weighted by molar-refractivity contribution is 7.99. The highest BCUT2D eigenvalue weighted by Crippen LogP contribution is 2.33. The van der Waals surface area contributed by atoms with Gasteiger partial charge in [-0.1, -0.05) is 54.2 Å². The molecule has 0 bridgehead atoms. The Labute approximate surface area is 211 Å². The van der Waals surface area contributed by atoms with Gasteiger partial charge >= 0.3 is 0 Å². The Balaban J connectivity index is 1.57. The second-order valence-corrected chi connectivity index (χ2v) is 9.36. The van der Waals surface area contributed by atoms with Gasteiger partial charge in [0.25, 0.3) is 0 Å². The molecule has 0 aliphatic carbocycles. The zero-order chi connectivity index (χ0) is 24.5. The van der Waals surface area contributed by atoms with E-state index in [1.807, 2.05) is 64.1 Å². The Hall–Kier alpha value is -3.04. The van der Waals surface area contributed by atoms with Crippen molar-refractivity contribution in [3.8, 4) is 11.4 Å². The van der Waals surface area contributed by atoms with E-state index >= 15 is 0 Å². The number of ether oxygens (including phenoxy) is 2. The number of hydrogen-bond acceptors (Lipinski definition) is 7. The van der Waals surface area contributed by atoms with E-state index in [1.54, 1.807) is 14.2 Å². The van der Waals surface area contributed by atoms with E-state index in [0.29, 0.717) is 24.9 Å². The van der Waals surface area contributed by atoms with Crippen LogP contribution in [0.3, 0.4) is 0 Å². The first kappa shape index (κ1) is 25.1. The van der Waals surface area contributed by atoms with Crippen molar-refractivity contribution in [1.29, 1.82) is 0 Å². The third kappa shape index (κ3) is 6.35. The number of piperidine rings is 1. The Kier molecular flexibility index (Phi) is 9.02. The Morgan fingerprint density at radius 1 is 1.00 bits per heavy atom. The zero-order valence-corrected chi connectivity index (χ0v) is 21.2. The molecule has 0 unspecified atom stereocenters. The van der Waals surface area contributed by atoms with Crippen molar-refractivity contribution in [2.24, 2.45) is 0 Å². The quantitative estimate of drug-likeness (QED) is 0.372. The van der Waals surface area contributed by atoms with Gasteiger partial charge < -0.3 is 19.3 Å². The van der Waals surface area contributed by atoms with Gasteiger partial charge in [0.2, 0.25) is 11.9 Å². The van der Waals surface area contributed by atoms with Crippen molar-refractivity contribution in [2.75, 3.05) is 51.1 Å². The standard InChI is InChI=1S/C26H33N5O3S/c1-33-18-17-30(19-21-11-5-3-6-12-21)24(32)20-35-26-28-27-25(29-15-9-4-10-16-29)31(26)22-13-7-8-14-23(22)34-2/h3,5-8,11-14H,4,9-10,15-20H2,1-2H3. The molecule has 186 valence electrons. The van der Waals surface area contributed by atoms with Crippen molar-refractivity contribution < 1.29 is 14.3 Å². The summed E-state index contributed by atoms with van der Waals surface area (Å²) in [6.45, 7) is 3.45. The molecule has 4 rings (SSSR count). The van der Waals surface area contributed by atoms with Crippen molar-refractivity contribution in [1.82, 2.24) is 19.7 Å². The maximum Gasteiger partial charge on any atom is 0.233 e. The smallest absolute Gasteiger partial charge is 0.233 e. The summed E-state index contributed by atoms with van der Waals surface area (Å²) in [5.41, 5.74) is 1.96.